The molecule has 1 aromatic rings. The Kier molecular flexibility index (Phi) is 10.8. The van der Waals surface area contributed by atoms with Crippen molar-refractivity contribution >= 4 is 45.9 Å². The first-order valence-electron chi connectivity index (χ1n) is 8.63. The molecule has 0 aliphatic carbocycles. The maximum absolute atomic E-state index is 9.30. The van der Waals surface area contributed by atoms with E-state index in [-0.39, 0.29) is 42.1 Å². The SMILES string of the molecule is CN=C(NCC(C)Oc1ccccc1Br)NCC1(CCO)CCOC1.I. The largest absolute Gasteiger partial charge is 0.488 e. The van der Waals surface area contributed by atoms with Gasteiger partial charge >= 0.3 is 0 Å². The van der Waals surface area contributed by atoms with Crippen molar-refractivity contribution in [3.63, 3.8) is 0 Å². The Labute approximate surface area is 181 Å². The lowest BCUT2D eigenvalue weighted by Gasteiger charge is -2.28. The van der Waals surface area contributed by atoms with Crippen molar-refractivity contribution in [2.24, 2.45) is 10.4 Å². The van der Waals surface area contributed by atoms with Gasteiger partial charge in [0.1, 0.15) is 11.9 Å². The van der Waals surface area contributed by atoms with E-state index in [4.69, 9.17) is 9.47 Å². The maximum Gasteiger partial charge on any atom is 0.191 e. The number of halogens is 2. The Morgan fingerprint density at radius 1 is 1.42 bits per heavy atom. The second-order valence-electron chi connectivity index (χ2n) is 6.44. The van der Waals surface area contributed by atoms with Gasteiger partial charge in [0.15, 0.2) is 5.96 Å². The third-order valence-corrected chi connectivity index (χ3v) is 5.06. The average molecular weight is 542 g/mol. The van der Waals surface area contributed by atoms with Crippen molar-refractivity contribution in [3.05, 3.63) is 28.7 Å². The summed E-state index contributed by atoms with van der Waals surface area (Å²) in [5.74, 6) is 1.55. The number of nitrogens with one attached hydrogen (secondary N) is 2. The molecule has 1 aromatic carbocycles. The Morgan fingerprint density at radius 3 is 2.81 bits per heavy atom. The van der Waals surface area contributed by atoms with Crippen LogP contribution in [0.5, 0.6) is 5.75 Å². The van der Waals surface area contributed by atoms with Gasteiger partial charge in [0.25, 0.3) is 0 Å². The minimum absolute atomic E-state index is 0. The molecule has 0 bridgehead atoms. The smallest absolute Gasteiger partial charge is 0.191 e. The van der Waals surface area contributed by atoms with Gasteiger partial charge in [0.2, 0.25) is 0 Å². The van der Waals surface area contributed by atoms with Crippen LogP contribution < -0.4 is 15.4 Å². The zero-order chi connectivity index (χ0) is 18.1. The minimum atomic E-state index is -0.0153. The van der Waals surface area contributed by atoms with Crippen molar-refractivity contribution < 1.29 is 14.6 Å². The standard InChI is InChI=1S/C18H28BrN3O3.HI/c1-14(25-16-6-4-3-5-15(16)19)11-21-17(20-2)22-12-18(7-9-23)8-10-24-13-18;/h3-6,14,23H,7-13H2,1-2H3,(H2,20,21,22);1H. The van der Waals surface area contributed by atoms with Crippen LogP contribution in [0.1, 0.15) is 19.8 Å². The number of aliphatic hydroxyl groups excluding tert-OH is 1. The molecule has 6 nitrogen and oxygen atoms in total. The molecule has 0 amide bonds. The molecule has 1 saturated heterocycles. The molecular weight excluding hydrogens is 513 g/mol. The first-order chi connectivity index (χ1) is 12.1. The van der Waals surface area contributed by atoms with Gasteiger partial charge in [-0.15, -0.1) is 24.0 Å². The molecule has 2 rings (SSSR count). The highest BCUT2D eigenvalue weighted by Gasteiger charge is 2.34. The van der Waals surface area contributed by atoms with Gasteiger partial charge in [-0.2, -0.15) is 0 Å². The van der Waals surface area contributed by atoms with Crippen LogP contribution in [0, 0.1) is 5.41 Å². The fourth-order valence-corrected chi connectivity index (χ4v) is 3.22. The molecule has 1 aliphatic heterocycles. The summed E-state index contributed by atoms with van der Waals surface area (Å²) in [6.07, 6.45) is 1.68. The molecule has 1 fully saturated rings. The first kappa shape index (κ1) is 23.5. The first-order valence-corrected chi connectivity index (χ1v) is 9.42. The average Bonchev–Trinajstić information content (AvgIpc) is 3.06. The molecule has 3 N–H and O–H groups in total. The predicted octanol–water partition coefficient (Wildman–Crippen LogP) is 2.79. The van der Waals surface area contributed by atoms with E-state index in [1.807, 2.05) is 31.2 Å². The Hall–Kier alpha value is -0.580. The third-order valence-electron chi connectivity index (χ3n) is 4.40. The summed E-state index contributed by atoms with van der Waals surface area (Å²) in [7, 11) is 1.75. The summed E-state index contributed by atoms with van der Waals surface area (Å²) in [4.78, 5) is 4.26. The topological polar surface area (TPSA) is 75.1 Å². The third kappa shape index (κ3) is 7.21. The quantitative estimate of drug-likeness (QED) is 0.268. The summed E-state index contributed by atoms with van der Waals surface area (Å²) in [6, 6.07) is 7.80. The lowest BCUT2D eigenvalue weighted by molar-refractivity contribution is 0.127. The van der Waals surface area contributed by atoms with Crippen LogP contribution in [-0.4, -0.2) is 57.1 Å². The van der Waals surface area contributed by atoms with Gasteiger partial charge < -0.3 is 25.2 Å². The van der Waals surface area contributed by atoms with Crippen LogP contribution >= 0.6 is 39.9 Å². The lowest BCUT2D eigenvalue weighted by Crippen LogP contribution is -2.46. The molecule has 2 atom stereocenters. The molecule has 8 heteroatoms. The highest BCUT2D eigenvalue weighted by Crippen LogP contribution is 2.31. The van der Waals surface area contributed by atoms with E-state index in [1.165, 1.54) is 0 Å². The number of rotatable bonds is 8. The molecule has 2 unspecified atom stereocenters. The maximum atomic E-state index is 9.30. The van der Waals surface area contributed by atoms with Crippen LogP contribution in [0.4, 0.5) is 0 Å². The molecule has 148 valence electrons. The van der Waals surface area contributed by atoms with Crippen LogP contribution in [0.2, 0.25) is 0 Å². The highest BCUT2D eigenvalue weighted by atomic mass is 127. The second-order valence-corrected chi connectivity index (χ2v) is 7.30. The molecule has 0 radical (unpaired) electrons. The summed E-state index contributed by atoms with van der Waals surface area (Å²) in [6.45, 7) is 4.98. The van der Waals surface area contributed by atoms with Crippen molar-refractivity contribution in [3.8, 4) is 5.75 Å². The van der Waals surface area contributed by atoms with E-state index < -0.39 is 0 Å². The van der Waals surface area contributed by atoms with Crippen LogP contribution in [0.25, 0.3) is 0 Å². The normalized spacial score (nSPS) is 21.0. The Balaban J connectivity index is 0.00000338. The molecular formula is C18H29BrIN3O3. The molecule has 0 saturated carbocycles. The van der Waals surface area contributed by atoms with Gasteiger partial charge in [-0.25, -0.2) is 0 Å². The van der Waals surface area contributed by atoms with Gasteiger partial charge in [-0.3, -0.25) is 4.99 Å². The van der Waals surface area contributed by atoms with Gasteiger partial charge in [-0.1, -0.05) is 12.1 Å². The van der Waals surface area contributed by atoms with Crippen LogP contribution in [-0.2, 0) is 4.74 Å². The van der Waals surface area contributed by atoms with E-state index in [2.05, 4.69) is 31.6 Å². The van der Waals surface area contributed by atoms with Crippen molar-refractivity contribution in [2.45, 2.75) is 25.9 Å². The zero-order valence-electron chi connectivity index (χ0n) is 15.3. The number of nitrogens with zero attached hydrogens (tertiary/aromatic N) is 1. The lowest BCUT2D eigenvalue weighted by atomic mass is 9.84. The van der Waals surface area contributed by atoms with Gasteiger partial charge in [0.05, 0.1) is 17.6 Å². The van der Waals surface area contributed by atoms with Crippen molar-refractivity contribution in [1.29, 1.82) is 0 Å². The Morgan fingerprint density at radius 2 is 2.19 bits per heavy atom. The fourth-order valence-electron chi connectivity index (χ4n) is 2.84. The zero-order valence-corrected chi connectivity index (χ0v) is 19.2. The summed E-state index contributed by atoms with van der Waals surface area (Å²) < 4.78 is 12.4. The molecule has 26 heavy (non-hydrogen) atoms. The van der Waals surface area contributed by atoms with Crippen molar-refractivity contribution in [2.75, 3.05) is 40.0 Å². The number of ether oxygens (including phenoxy) is 2. The fraction of sp³-hybridized carbons (Fsp3) is 0.611. The molecule has 0 spiro atoms. The van der Waals surface area contributed by atoms with E-state index in [1.54, 1.807) is 7.05 Å². The predicted molar refractivity (Wildman–Crippen MR) is 119 cm³/mol. The number of guanidine groups is 1. The van der Waals surface area contributed by atoms with E-state index in [0.717, 1.165) is 42.2 Å². The summed E-state index contributed by atoms with van der Waals surface area (Å²) >= 11 is 3.49. The summed E-state index contributed by atoms with van der Waals surface area (Å²) in [5.41, 5.74) is -0.0105. The van der Waals surface area contributed by atoms with E-state index in [9.17, 15) is 5.11 Å². The summed E-state index contributed by atoms with van der Waals surface area (Å²) in [5, 5.41) is 15.9. The number of benzene rings is 1. The van der Waals surface area contributed by atoms with Gasteiger partial charge in [-0.05, 0) is 47.8 Å². The minimum Gasteiger partial charge on any atom is -0.488 e. The highest BCUT2D eigenvalue weighted by molar-refractivity contribution is 14.0. The number of para-hydroxylation sites is 1. The number of hydrogen-bond acceptors (Lipinski definition) is 4. The van der Waals surface area contributed by atoms with Crippen molar-refractivity contribution in [1.82, 2.24) is 10.6 Å². The van der Waals surface area contributed by atoms with Gasteiger partial charge in [0, 0.05) is 32.2 Å². The number of hydrogen-bond donors (Lipinski definition) is 3. The van der Waals surface area contributed by atoms with Crippen LogP contribution in [0.3, 0.4) is 0 Å². The van der Waals surface area contributed by atoms with E-state index in [0.29, 0.717) is 13.2 Å². The molecule has 1 aliphatic rings. The Bertz CT molecular complexity index is 568. The monoisotopic (exact) mass is 541 g/mol. The molecule has 1 heterocycles. The molecule has 0 aromatic heterocycles. The second kappa shape index (κ2) is 12.0. The van der Waals surface area contributed by atoms with E-state index >= 15 is 0 Å². The number of aliphatic hydroxyl groups is 1. The number of aliphatic imine (C=N–C) groups is 1. The van der Waals surface area contributed by atoms with Crippen LogP contribution in [0.15, 0.2) is 33.7 Å².